The molecule has 2 N–H and O–H groups in total. The highest BCUT2D eigenvalue weighted by atomic mass is 127. The lowest BCUT2D eigenvalue weighted by molar-refractivity contribution is 0.443. The molecule has 4 nitrogen and oxygen atoms in total. The number of guanidine groups is 1. The van der Waals surface area contributed by atoms with E-state index >= 15 is 0 Å². The molecule has 0 spiro atoms. The Labute approximate surface area is 150 Å². The van der Waals surface area contributed by atoms with Crippen LogP contribution in [0.5, 0.6) is 0 Å². The molecule has 0 radical (unpaired) electrons. The summed E-state index contributed by atoms with van der Waals surface area (Å²) >= 11 is 1.69. The highest BCUT2D eigenvalue weighted by molar-refractivity contribution is 14.0. The van der Waals surface area contributed by atoms with E-state index in [0.717, 1.165) is 30.7 Å². The molecule has 0 bridgehead atoms. The molecule has 1 unspecified atom stereocenters. The van der Waals surface area contributed by atoms with Gasteiger partial charge in [0, 0.05) is 18.5 Å². The number of hydrogen-bond acceptors (Lipinski definition) is 3. The molecule has 0 saturated carbocycles. The number of unbranched alkanes of at least 4 members (excludes halogenated alkanes) is 1. The van der Waals surface area contributed by atoms with Crippen molar-refractivity contribution >= 4 is 41.3 Å². The topological polar surface area (TPSA) is 49.3 Å². The highest BCUT2D eigenvalue weighted by Crippen LogP contribution is 2.12. The molecular weight excluding hydrogens is 395 g/mol. The third-order valence-corrected chi connectivity index (χ3v) is 4.52. The number of hydrogen-bond donors (Lipinski definition) is 2. The molecule has 0 aliphatic rings. The van der Waals surface area contributed by atoms with Gasteiger partial charge in [-0.2, -0.15) is 0 Å². The normalized spacial score (nSPS) is 12.7. The predicted octanol–water partition coefficient (Wildman–Crippen LogP) is 3.95. The number of rotatable bonds is 8. The quantitative estimate of drug-likeness (QED) is 0.378. The fraction of sp³-hybridized carbons (Fsp3) is 0.733. The monoisotopic (exact) mass is 424 g/mol. The number of aryl methyl sites for hydroxylation is 1. The van der Waals surface area contributed by atoms with Crippen LogP contribution >= 0.6 is 35.3 Å². The Bertz CT molecular complexity index is 406. The zero-order valence-electron chi connectivity index (χ0n) is 13.6. The summed E-state index contributed by atoms with van der Waals surface area (Å²) in [6.07, 6.45) is 5.10. The van der Waals surface area contributed by atoms with E-state index in [9.17, 15) is 0 Å². The zero-order valence-corrected chi connectivity index (χ0v) is 16.8. The van der Waals surface area contributed by atoms with Crippen molar-refractivity contribution in [3.8, 4) is 0 Å². The summed E-state index contributed by atoms with van der Waals surface area (Å²) in [7, 11) is 1.82. The Morgan fingerprint density at radius 1 is 1.38 bits per heavy atom. The Balaban J connectivity index is 0.00000400. The molecule has 0 saturated heterocycles. The second-order valence-electron chi connectivity index (χ2n) is 5.08. The molecule has 0 aliphatic carbocycles. The smallest absolute Gasteiger partial charge is 0.191 e. The summed E-state index contributed by atoms with van der Waals surface area (Å²) in [4.78, 5) is 9.81. The number of nitrogens with one attached hydrogen (secondary N) is 2. The second kappa shape index (κ2) is 12.2. The minimum absolute atomic E-state index is 0. The number of nitrogens with zero attached hydrogens (tertiary/aromatic N) is 2. The molecule has 0 amide bonds. The zero-order chi connectivity index (χ0) is 14.8. The largest absolute Gasteiger partial charge is 0.356 e. The molecule has 1 heterocycles. The van der Waals surface area contributed by atoms with Gasteiger partial charge in [-0.25, -0.2) is 4.98 Å². The van der Waals surface area contributed by atoms with Crippen LogP contribution in [0.25, 0.3) is 0 Å². The predicted molar refractivity (Wildman–Crippen MR) is 104 cm³/mol. The van der Waals surface area contributed by atoms with Crippen LogP contribution in [-0.2, 0) is 6.54 Å². The van der Waals surface area contributed by atoms with Crippen LogP contribution < -0.4 is 10.6 Å². The Morgan fingerprint density at radius 2 is 2.14 bits per heavy atom. The first-order valence-corrected chi connectivity index (χ1v) is 8.42. The van der Waals surface area contributed by atoms with Crippen LogP contribution in [0.15, 0.2) is 10.5 Å². The Kier molecular flexibility index (Phi) is 12.0. The third-order valence-electron chi connectivity index (χ3n) is 3.59. The summed E-state index contributed by atoms with van der Waals surface area (Å²) < 4.78 is 0. The van der Waals surface area contributed by atoms with Crippen molar-refractivity contribution in [2.24, 2.45) is 10.9 Å². The minimum Gasteiger partial charge on any atom is -0.356 e. The molecule has 0 aliphatic heterocycles. The summed E-state index contributed by atoms with van der Waals surface area (Å²) in [6, 6.07) is 0. The van der Waals surface area contributed by atoms with Crippen molar-refractivity contribution < 1.29 is 0 Å². The first kappa shape index (κ1) is 20.6. The number of thiazole rings is 1. The van der Waals surface area contributed by atoms with E-state index in [0.29, 0.717) is 0 Å². The van der Waals surface area contributed by atoms with Crippen LogP contribution in [0.1, 0.15) is 50.1 Å². The van der Waals surface area contributed by atoms with Crippen LogP contribution in [0.2, 0.25) is 0 Å². The van der Waals surface area contributed by atoms with Crippen LogP contribution in [0.3, 0.4) is 0 Å². The molecule has 1 aromatic heterocycles. The van der Waals surface area contributed by atoms with Gasteiger partial charge in [0.05, 0.1) is 17.7 Å². The van der Waals surface area contributed by atoms with Crippen LogP contribution in [0.4, 0.5) is 0 Å². The van der Waals surface area contributed by atoms with Crippen LogP contribution in [0, 0.1) is 12.8 Å². The SMILES string of the molecule is CCCCC(CC)CNC(=NC)NCc1scnc1C.I. The molecular formula is C15H29IN4S. The average Bonchev–Trinajstić information content (AvgIpc) is 2.87. The fourth-order valence-electron chi connectivity index (χ4n) is 2.06. The van der Waals surface area contributed by atoms with Crippen molar-refractivity contribution in [3.05, 3.63) is 16.1 Å². The molecule has 1 rings (SSSR count). The third kappa shape index (κ3) is 7.99. The molecule has 1 atom stereocenters. The maximum atomic E-state index is 4.28. The van der Waals surface area contributed by atoms with Gasteiger partial charge in [-0.05, 0) is 19.3 Å². The lowest BCUT2D eigenvalue weighted by Crippen LogP contribution is -2.39. The lowest BCUT2D eigenvalue weighted by atomic mass is 9.99. The summed E-state index contributed by atoms with van der Waals surface area (Å²) in [5, 5.41) is 6.79. The van der Waals surface area contributed by atoms with E-state index in [-0.39, 0.29) is 24.0 Å². The fourth-order valence-corrected chi connectivity index (χ4v) is 2.78. The van der Waals surface area contributed by atoms with Crippen molar-refractivity contribution in [2.45, 2.75) is 53.0 Å². The van der Waals surface area contributed by atoms with Gasteiger partial charge in [0.25, 0.3) is 0 Å². The summed E-state index contributed by atoms with van der Waals surface area (Å²) in [5.74, 6) is 1.62. The Hall–Kier alpha value is -0.370. The van der Waals surface area contributed by atoms with Gasteiger partial charge in [0.15, 0.2) is 5.96 Å². The van der Waals surface area contributed by atoms with Crippen molar-refractivity contribution in [1.29, 1.82) is 0 Å². The highest BCUT2D eigenvalue weighted by Gasteiger charge is 2.07. The number of halogens is 1. The van der Waals surface area contributed by atoms with E-state index in [4.69, 9.17) is 0 Å². The van der Waals surface area contributed by atoms with Gasteiger partial charge >= 0.3 is 0 Å². The molecule has 122 valence electrons. The first-order valence-electron chi connectivity index (χ1n) is 7.54. The second-order valence-corrected chi connectivity index (χ2v) is 6.02. The molecule has 0 aromatic carbocycles. The van der Waals surface area contributed by atoms with Crippen LogP contribution in [-0.4, -0.2) is 24.5 Å². The molecule has 1 aromatic rings. The van der Waals surface area contributed by atoms with Gasteiger partial charge in [0.1, 0.15) is 0 Å². The van der Waals surface area contributed by atoms with Gasteiger partial charge in [-0.3, -0.25) is 4.99 Å². The van der Waals surface area contributed by atoms with E-state index in [1.165, 1.54) is 30.6 Å². The number of aromatic nitrogens is 1. The van der Waals surface area contributed by atoms with E-state index in [1.807, 2.05) is 19.5 Å². The van der Waals surface area contributed by atoms with Gasteiger partial charge in [-0.15, -0.1) is 35.3 Å². The Morgan fingerprint density at radius 3 is 2.67 bits per heavy atom. The van der Waals surface area contributed by atoms with Crippen molar-refractivity contribution in [1.82, 2.24) is 15.6 Å². The summed E-state index contributed by atoms with van der Waals surface area (Å²) in [6.45, 7) is 8.35. The summed E-state index contributed by atoms with van der Waals surface area (Å²) in [5.41, 5.74) is 2.99. The van der Waals surface area contributed by atoms with Crippen molar-refractivity contribution in [3.63, 3.8) is 0 Å². The number of aliphatic imine (C=N–C) groups is 1. The standard InChI is InChI=1S/C15H28N4S.HI/c1-5-7-8-13(6-2)9-17-15(16-4)18-10-14-12(3)19-11-20-14;/h11,13H,5-10H2,1-4H3,(H2,16,17,18);1H. The molecule has 21 heavy (non-hydrogen) atoms. The average molecular weight is 424 g/mol. The minimum atomic E-state index is 0. The molecule has 6 heteroatoms. The van der Waals surface area contributed by atoms with Crippen molar-refractivity contribution in [2.75, 3.05) is 13.6 Å². The van der Waals surface area contributed by atoms with E-state index in [2.05, 4.69) is 34.5 Å². The maximum absolute atomic E-state index is 4.28. The first-order chi connectivity index (χ1) is 9.71. The van der Waals surface area contributed by atoms with Gasteiger partial charge in [0.2, 0.25) is 0 Å². The lowest BCUT2D eigenvalue weighted by Gasteiger charge is -2.17. The maximum Gasteiger partial charge on any atom is 0.191 e. The van der Waals surface area contributed by atoms with Gasteiger partial charge in [-0.1, -0.05) is 33.1 Å². The van der Waals surface area contributed by atoms with E-state index in [1.54, 1.807) is 11.3 Å². The van der Waals surface area contributed by atoms with Gasteiger partial charge < -0.3 is 10.6 Å². The van der Waals surface area contributed by atoms with E-state index < -0.39 is 0 Å². The molecule has 0 fully saturated rings.